The highest BCUT2D eigenvalue weighted by atomic mass is 15.1. The second-order valence-corrected chi connectivity index (χ2v) is 6.14. The molecule has 0 unspecified atom stereocenters. The van der Waals surface area contributed by atoms with Gasteiger partial charge in [0.15, 0.2) is 0 Å². The van der Waals surface area contributed by atoms with Crippen molar-refractivity contribution in [2.75, 3.05) is 13.1 Å². The molecule has 0 fully saturated rings. The minimum absolute atomic E-state index is 0.107. The van der Waals surface area contributed by atoms with Crippen molar-refractivity contribution in [2.45, 2.75) is 52.7 Å². The van der Waals surface area contributed by atoms with Gasteiger partial charge in [-0.25, -0.2) is 0 Å². The van der Waals surface area contributed by atoms with Gasteiger partial charge in [0.25, 0.3) is 0 Å². The number of terminal acetylenes is 1. The Morgan fingerprint density at radius 1 is 1.30 bits per heavy atom. The minimum atomic E-state index is 0.107. The Morgan fingerprint density at radius 2 is 2.00 bits per heavy atom. The zero-order valence-electron chi connectivity index (χ0n) is 13.2. The zero-order valence-corrected chi connectivity index (χ0v) is 13.2. The summed E-state index contributed by atoms with van der Waals surface area (Å²) in [6.07, 6.45) is 6.52. The second kappa shape index (κ2) is 8.04. The molecule has 0 aromatic carbocycles. The molecule has 3 nitrogen and oxygen atoms in total. The molecule has 0 saturated heterocycles. The van der Waals surface area contributed by atoms with E-state index in [4.69, 9.17) is 11.4 Å². The van der Waals surface area contributed by atoms with Crippen LogP contribution >= 0.6 is 0 Å². The zero-order chi connectivity index (χ0) is 15.0. The van der Waals surface area contributed by atoms with E-state index in [0.717, 1.165) is 37.4 Å². The summed E-state index contributed by atoms with van der Waals surface area (Å²) in [6, 6.07) is 6.20. The van der Waals surface area contributed by atoms with Crippen LogP contribution in [0.5, 0.6) is 0 Å². The number of hydrogen-bond acceptors (Lipinski definition) is 3. The van der Waals surface area contributed by atoms with Gasteiger partial charge in [0, 0.05) is 18.6 Å². The number of aromatic nitrogens is 1. The third kappa shape index (κ3) is 6.70. The van der Waals surface area contributed by atoms with Crippen LogP contribution in [-0.2, 0) is 13.1 Å². The van der Waals surface area contributed by atoms with E-state index in [1.807, 2.05) is 0 Å². The summed E-state index contributed by atoms with van der Waals surface area (Å²) in [6.45, 7) is 11.9. The molecule has 1 aromatic heterocycles. The maximum atomic E-state index is 5.42. The van der Waals surface area contributed by atoms with Crippen LogP contribution < -0.4 is 5.32 Å². The van der Waals surface area contributed by atoms with Crippen molar-refractivity contribution in [1.29, 1.82) is 0 Å². The van der Waals surface area contributed by atoms with E-state index in [2.05, 4.69) is 62.0 Å². The number of rotatable bonds is 7. The number of hydrogen-bond donors (Lipinski definition) is 1. The lowest BCUT2D eigenvalue weighted by molar-refractivity contribution is 0.295. The monoisotopic (exact) mass is 273 g/mol. The van der Waals surface area contributed by atoms with E-state index in [9.17, 15) is 0 Å². The topological polar surface area (TPSA) is 28.2 Å². The molecule has 3 heteroatoms. The molecule has 0 aliphatic carbocycles. The van der Waals surface area contributed by atoms with E-state index >= 15 is 0 Å². The fourth-order valence-electron chi connectivity index (χ4n) is 1.96. The van der Waals surface area contributed by atoms with Gasteiger partial charge in [-0.1, -0.05) is 18.9 Å². The highest BCUT2D eigenvalue weighted by Crippen LogP contribution is 2.06. The smallest absolute Gasteiger partial charge is 0.0602 e. The molecule has 1 N–H and O–H groups in total. The summed E-state index contributed by atoms with van der Waals surface area (Å²) in [5, 5.41) is 3.46. The lowest BCUT2D eigenvalue weighted by Gasteiger charge is -2.21. The summed E-state index contributed by atoms with van der Waals surface area (Å²) in [7, 11) is 0. The predicted molar refractivity (Wildman–Crippen MR) is 85.2 cm³/mol. The molecule has 0 saturated carbocycles. The molecular formula is C17H27N3. The highest BCUT2D eigenvalue weighted by Gasteiger charge is 2.10. The fraction of sp³-hybridized carbons (Fsp3) is 0.588. The van der Waals surface area contributed by atoms with Crippen LogP contribution in [0.2, 0.25) is 0 Å². The van der Waals surface area contributed by atoms with Crippen LogP contribution in [0.3, 0.4) is 0 Å². The molecule has 1 aromatic rings. The first-order valence-corrected chi connectivity index (χ1v) is 7.30. The summed E-state index contributed by atoms with van der Waals surface area (Å²) in [5.41, 5.74) is 2.27. The van der Waals surface area contributed by atoms with Gasteiger partial charge in [0.05, 0.1) is 17.9 Å². The van der Waals surface area contributed by atoms with Gasteiger partial charge < -0.3 is 5.32 Å². The predicted octanol–water partition coefficient (Wildman–Crippen LogP) is 2.81. The van der Waals surface area contributed by atoms with E-state index in [-0.39, 0.29) is 5.54 Å². The minimum Gasteiger partial charge on any atom is -0.306 e. The van der Waals surface area contributed by atoms with Gasteiger partial charge >= 0.3 is 0 Å². The Hall–Kier alpha value is -1.37. The molecule has 20 heavy (non-hydrogen) atoms. The van der Waals surface area contributed by atoms with Crippen LogP contribution in [-0.4, -0.2) is 28.5 Å². The average molecular weight is 273 g/mol. The molecule has 0 atom stereocenters. The maximum absolute atomic E-state index is 5.42. The molecule has 0 bridgehead atoms. The van der Waals surface area contributed by atoms with Gasteiger partial charge in [-0.3, -0.25) is 9.88 Å². The molecule has 0 radical (unpaired) electrons. The van der Waals surface area contributed by atoms with Crippen molar-refractivity contribution in [2.24, 2.45) is 0 Å². The molecule has 0 amide bonds. The molecule has 1 heterocycles. The Bertz CT molecular complexity index is 440. The van der Waals surface area contributed by atoms with Gasteiger partial charge in [-0.15, -0.1) is 6.42 Å². The summed E-state index contributed by atoms with van der Waals surface area (Å²) >= 11 is 0. The summed E-state index contributed by atoms with van der Waals surface area (Å²) < 4.78 is 0. The third-order valence-corrected chi connectivity index (χ3v) is 2.90. The Kier molecular flexibility index (Phi) is 6.70. The van der Waals surface area contributed by atoms with Crippen LogP contribution in [0.25, 0.3) is 0 Å². The van der Waals surface area contributed by atoms with Crippen molar-refractivity contribution < 1.29 is 0 Å². The van der Waals surface area contributed by atoms with Crippen molar-refractivity contribution in [3.8, 4) is 12.3 Å². The normalized spacial score (nSPS) is 11.6. The Morgan fingerprint density at radius 3 is 2.60 bits per heavy atom. The van der Waals surface area contributed by atoms with E-state index < -0.39 is 0 Å². The Balaban J connectivity index is 2.65. The number of pyridine rings is 1. The molecule has 0 spiro atoms. The standard InChI is InChI=1S/C17H27N3/c1-6-11-20(12-7-2)14-16-10-8-9-15(19-16)13-18-17(3,4)5/h1,8-10,18H,7,11-14H2,2-5H3. The Labute approximate surface area is 123 Å². The van der Waals surface area contributed by atoms with Gasteiger partial charge in [-0.05, 0) is 45.9 Å². The third-order valence-electron chi connectivity index (χ3n) is 2.90. The van der Waals surface area contributed by atoms with Crippen LogP contribution in [0.4, 0.5) is 0 Å². The number of nitrogens with one attached hydrogen (secondary N) is 1. The van der Waals surface area contributed by atoms with Gasteiger partial charge in [0.2, 0.25) is 0 Å². The van der Waals surface area contributed by atoms with Crippen molar-refractivity contribution in [3.63, 3.8) is 0 Å². The van der Waals surface area contributed by atoms with Crippen molar-refractivity contribution >= 4 is 0 Å². The summed E-state index contributed by atoms with van der Waals surface area (Å²) in [5.74, 6) is 2.72. The fourth-order valence-corrected chi connectivity index (χ4v) is 1.96. The van der Waals surface area contributed by atoms with E-state index in [1.165, 1.54) is 0 Å². The lowest BCUT2D eigenvalue weighted by Crippen LogP contribution is -2.35. The first-order chi connectivity index (χ1) is 9.44. The molecule has 110 valence electrons. The maximum Gasteiger partial charge on any atom is 0.0602 e. The van der Waals surface area contributed by atoms with Crippen molar-refractivity contribution in [3.05, 3.63) is 29.6 Å². The van der Waals surface area contributed by atoms with Gasteiger partial charge in [-0.2, -0.15) is 0 Å². The number of nitrogens with zero attached hydrogens (tertiary/aromatic N) is 2. The van der Waals surface area contributed by atoms with Crippen molar-refractivity contribution in [1.82, 2.24) is 15.2 Å². The molecule has 1 rings (SSSR count). The first-order valence-electron chi connectivity index (χ1n) is 7.30. The molecular weight excluding hydrogens is 246 g/mol. The van der Waals surface area contributed by atoms with E-state index in [0.29, 0.717) is 6.54 Å². The van der Waals surface area contributed by atoms with E-state index in [1.54, 1.807) is 0 Å². The van der Waals surface area contributed by atoms with Gasteiger partial charge in [0.1, 0.15) is 0 Å². The first kappa shape index (κ1) is 16.7. The largest absolute Gasteiger partial charge is 0.306 e. The molecule has 0 aliphatic rings. The SMILES string of the molecule is C#CCN(CCC)Cc1cccc(CNC(C)(C)C)n1. The lowest BCUT2D eigenvalue weighted by atomic mass is 10.1. The van der Waals surface area contributed by atoms with Crippen LogP contribution in [0.1, 0.15) is 45.5 Å². The van der Waals surface area contributed by atoms with Crippen LogP contribution in [0.15, 0.2) is 18.2 Å². The average Bonchev–Trinajstić information content (AvgIpc) is 2.37. The second-order valence-electron chi connectivity index (χ2n) is 6.14. The molecule has 0 aliphatic heterocycles. The van der Waals surface area contributed by atoms with Crippen LogP contribution in [0, 0.1) is 12.3 Å². The summed E-state index contributed by atoms with van der Waals surface area (Å²) in [4.78, 5) is 6.96. The highest BCUT2D eigenvalue weighted by molar-refractivity contribution is 5.11. The quantitative estimate of drug-likeness (QED) is 0.774.